The van der Waals surface area contributed by atoms with Crippen LogP contribution in [0.5, 0.6) is 0 Å². The van der Waals surface area contributed by atoms with Gasteiger partial charge < -0.3 is 10.4 Å². The summed E-state index contributed by atoms with van der Waals surface area (Å²) in [6.45, 7) is 7.79. The van der Waals surface area contributed by atoms with E-state index in [1.54, 1.807) is 6.08 Å². The van der Waals surface area contributed by atoms with Crippen LogP contribution in [0.2, 0.25) is 0 Å². The summed E-state index contributed by atoms with van der Waals surface area (Å²) in [6.07, 6.45) is 3.09. The molecular formula is C12H16FNO. The van der Waals surface area contributed by atoms with Crippen LogP contribution < -0.4 is 5.32 Å². The van der Waals surface area contributed by atoms with Gasteiger partial charge in [0, 0.05) is 23.4 Å². The molecule has 0 spiro atoms. The number of halogens is 1. The highest BCUT2D eigenvalue weighted by molar-refractivity contribution is 5.45. The summed E-state index contributed by atoms with van der Waals surface area (Å²) in [4.78, 5) is 0. The molecule has 0 unspecified atom stereocenters. The van der Waals surface area contributed by atoms with Crippen LogP contribution in [0.25, 0.3) is 0 Å². The molecule has 0 radical (unpaired) electrons. The third-order valence-electron chi connectivity index (χ3n) is 2.41. The van der Waals surface area contributed by atoms with Gasteiger partial charge in [-0.1, -0.05) is 18.2 Å². The lowest BCUT2D eigenvalue weighted by Gasteiger charge is -2.12. The van der Waals surface area contributed by atoms with Crippen LogP contribution in [-0.2, 0) is 0 Å². The minimum Gasteiger partial charge on any atom is -0.392 e. The predicted molar refractivity (Wildman–Crippen MR) is 59.9 cm³/mol. The Morgan fingerprint density at radius 2 is 2.13 bits per heavy atom. The molecule has 0 aromatic heterocycles. The zero-order valence-electron chi connectivity index (χ0n) is 9.10. The molecule has 15 heavy (non-hydrogen) atoms. The van der Waals surface area contributed by atoms with Gasteiger partial charge in [0.05, 0.1) is 6.61 Å². The fourth-order valence-electron chi connectivity index (χ4n) is 1.34. The molecule has 0 fully saturated rings. The van der Waals surface area contributed by atoms with Gasteiger partial charge in [-0.25, -0.2) is 4.39 Å². The van der Waals surface area contributed by atoms with E-state index in [0.717, 1.165) is 11.3 Å². The molecule has 0 amide bonds. The topological polar surface area (TPSA) is 32.3 Å². The van der Waals surface area contributed by atoms with Crippen molar-refractivity contribution in [3.8, 4) is 0 Å². The van der Waals surface area contributed by atoms with E-state index in [-0.39, 0.29) is 12.2 Å². The monoisotopic (exact) mass is 209 g/mol. The van der Waals surface area contributed by atoms with Gasteiger partial charge >= 0.3 is 0 Å². The van der Waals surface area contributed by atoms with Gasteiger partial charge in [-0.3, -0.25) is 0 Å². The van der Waals surface area contributed by atoms with Crippen LogP contribution in [0, 0.1) is 0 Å². The molecule has 0 saturated heterocycles. The van der Waals surface area contributed by atoms with Gasteiger partial charge in [-0.05, 0) is 19.9 Å². The highest BCUT2D eigenvalue weighted by Crippen LogP contribution is 2.22. The first-order chi connectivity index (χ1) is 7.06. The van der Waals surface area contributed by atoms with E-state index in [4.69, 9.17) is 5.11 Å². The maximum Gasteiger partial charge on any atom is 0.130 e. The Labute approximate surface area is 89.5 Å². The highest BCUT2D eigenvalue weighted by atomic mass is 19.1. The number of aliphatic hydroxyl groups excluding tert-OH is 1. The lowest BCUT2D eigenvalue weighted by atomic mass is 10.1. The molecule has 1 aliphatic heterocycles. The van der Waals surface area contributed by atoms with Gasteiger partial charge in [0.25, 0.3) is 0 Å². The molecular weight excluding hydrogens is 193 g/mol. The smallest absolute Gasteiger partial charge is 0.130 e. The minimum absolute atomic E-state index is 0.210. The van der Waals surface area contributed by atoms with Crippen LogP contribution in [0.1, 0.15) is 13.8 Å². The van der Waals surface area contributed by atoms with Crippen molar-refractivity contribution < 1.29 is 9.50 Å². The van der Waals surface area contributed by atoms with Gasteiger partial charge in [0.15, 0.2) is 0 Å². The van der Waals surface area contributed by atoms with E-state index < -0.39 is 5.83 Å². The summed E-state index contributed by atoms with van der Waals surface area (Å²) in [5.74, 6) is -0.401. The molecule has 2 N–H and O–H groups in total. The van der Waals surface area contributed by atoms with E-state index >= 15 is 0 Å². The van der Waals surface area contributed by atoms with Crippen molar-refractivity contribution >= 4 is 0 Å². The van der Waals surface area contributed by atoms with Crippen LogP contribution >= 0.6 is 0 Å². The Morgan fingerprint density at radius 1 is 1.47 bits per heavy atom. The fraction of sp³-hybridized carbons (Fsp3) is 0.333. The highest BCUT2D eigenvalue weighted by Gasteiger charge is 2.11. The van der Waals surface area contributed by atoms with Gasteiger partial charge in [-0.15, -0.1) is 0 Å². The maximum atomic E-state index is 13.5. The molecule has 0 saturated carbocycles. The third kappa shape index (κ3) is 2.80. The van der Waals surface area contributed by atoms with E-state index in [9.17, 15) is 4.39 Å². The minimum atomic E-state index is -0.401. The van der Waals surface area contributed by atoms with E-state index in [0.29, 0.717) is 12.1 Å². The standard InChI is InChI=1S/C12H16FNO/c1-8-4-5-12(13)9(2)11(7-15)10(3)14-6-8/h4-5,14-15H,2,6-7H2,1,3H3/b8-4-,11-10-,12-5+. The Bertz CT molecular complexity index is 364. The fourth-order valence-corrected chi connectivity index (χ4v) is 1.34. The average Bonchev–Trinajstić information content (AvgIpc) is 2.26. The zero-order valence-corrected chi connectivity index (χ0v) is 9.10. The lowest BCUT2D eigenvalue weighted by molar-refractivity contribution is 0.331. The second-order valence-electron chi connectivity index (χ2n) is 3.62. The molecule has 0 bridgehead atoms. The molecule has 3 heteroatoms. The van der Waals surface area contributed by atoms with Crippen molar-refractivity contribution in [2.75, 3.05) is 13.2 Å². The Hall–Kier alpha value is -1.35. The number of hydrogen-bond acceptors (Lipinski definition) is 2. The van der Waals surface area contributed by atoms with Crippen molar-refractivity contribution in [2.45, 2.75) is 13.8 Å². The molecule has 0 aromatic rings. The van der Waals surface area contributed by atoms with Crippen molar-refractivity contribution in [1.29, 1.82) is 0 Å². The molecule has 1 heterocycles. The molecule has 1 rings (SSSR count). The second kappa shape index (κ2) is 4.94. The SMILES string of the molecule is C=C1/C(F)=C\C=C(\C)CN/C(C)=C\1CO. The third-order valence-corrected chi connectivity index (χ3v) is 2.41. The molecule has 0 atom stereocenters. The largest absolute Gasteiger partial charge is 0.392 e. The molecule has 0 aliphatic carbocycles. The number of rotatable bonds is 1. The van der Waals surface area contributed by atoms with Crippen molar-refractivity contribution in [2.24, 2.45) is 0 Å². The first-order valence-corrected chi connectivity index (χ1v) is 4.83. The molecule has 1 aliphatic rings. The normalized spacial score (nSPS) is 30.3. The van der Waals surface area contributed by atoms with E-state index in [1.165, 1.54) is 6.08 Å². The Kier molecular flexibility index (Phi) is 3.86. The summed E-state index contributed by atoms with van der Waals surface area (Å²) < 4.78 is 13.5. The van der Waals surface area contributed by atoms with Crippen molar-refractivity contribution in [1.82, 2.24) is 5.32 Å². The molecule has 2 nitrogen and oxygen atoms in total. The average molecular weight is 209 g/mol. The maximum absolute atomic E-state index is 13.5. The summed E-state index contributed by atoms with van der Waals surface area (Å²) >= 11 is 0. The lowest BCUT2D eigenvalue weighted by Crippen LogP contribution is -2.16. The predicted octanol–water partition coefficient (Wildman–Crippen LogP) is 2.21. The summed E-state index contributed by atoms with van der Waals surface area (Å²) in [6, 6.07) is 0. The first-order valence-electron chi connectivity index (χ1n) is 4.83. The Balaban J connectivity index is 3.14. The van der Waals surface area contributed by atoms with Crippen LogP contribution in [0.3, 0.4) is 0 Å². The Morgan fingerprint density at radius 3 is 2.73 bits per heavy atom. The van der Waals surface area contributed by atoms with Crippen molar-refractivity contribution in [3.05, 3.63) is 47.0 Å². The number of nitrogens with one attached hydrogen (secondary N) is 1. The van der Waals surface area contributed by atoms with Crippen LogP contribution in [0.15, 0.2) is 47.0 Å². The van der Waals surface area contributed by atoms with Gasteiger partial charge in [0.2, 0.25) is 0 Å². The summed E-state index contributed by atoms with van der Waals surface area (Å²) in [7, 11) is 0. The van der Waals surface area contributed by atoms with Gasteiger partial charge in [0.1, 0.15) is 5.83 Å². The summed E-state index contributed by atoms with van der Waals surface area (Å²) in [5, 5.41) is 12.3. The zero-order chi connectivity index (χ0) is 11.4. The molecule has 82 valence electrons. The number of hydrogen-bond donors (Lipinski definition) is 2. The van der Waals surface area contributed by atoms with Crippen LogP contribution in [0.4, 0.5) is 4.39 Å². The van der Waals surface area contributed by atoms with Gasteiger partial charge in [-0.2, -0.15) is 0 Å². The van der Waals surface area contributed by atoms with Crippen molar-refractivity contribution in [3.63, 3.8) is 0 Å². The van der Waals surface area contributed by atoms with E-state index in [1.807, 2.05) is 13.8 Å². The summed E-state index contributed by atoms with van der Waals surface area (Å²) in [5.41, 5.74) is 2.55. The van der Waals surface area contributed by atoms with E-state index in [2.05, 4.69) is 11.9 Å². The molecule has 0 aromatic carbocycles. The van der Waals surface area contributed by atoms with Crippen LogP contribution in [-0.4, -0.2) is 18.3 Å². The number of aliphatic hydroxyl groups is 1. The quantitative estimate of drug-likeness (QED) is 0.694. The number of allylic oxidation sites excluding steroid dienone is 4. The first kappa shape index (κ1) is 11.7. The second-order valence-corrected chi connectivity index (χ2v) is 3.62.